The van der Waals surface area contributed by atoms with E-state index < -0.39 is 9.84 Å². The van der Waals surface area contributed by atoms with E-state index in [9.17, 15) is 13.2 Å². The minimum Gasteiger partial charge on any atom is -0.492 e. The van der Waals surface area contributed by atoms with E-state index in [2.05, 4.69) is 0 Å². The summed E-state index contributed by atoms with van der Waals surface area (Å²) in [5.41, 5.74) is 1.39. The average molecular weight is 242 g/mol. The molecular weight excluding hydrogens is 228 g/mol. The van der Waals surface area contributed by atoms with E-state index in [1.54, 1.807) is 12.1 Å². The van der Waals surface area contributed by atoms with Crippen molar-refractivity contribution in [3.05, 3.63) is 29.3 Å². The van der Waals surface area contributed by atoms with E-state index in [-0.39, 0.29) is 12.4 Å². The lowest BCUT2D eigenvalue weighted by molar-refractivity contribution is 0.112. The topological polar surface area (TPSA) is 60.4 Å². The molecule has 0 aliphatic heterocycles. The van der Waals surface area contributed by atoms with Crippen LogP contribution in [-0.2, 0) is 9.84 Å². The van der Waals surface area contributed by atoms with E-state index in [1.165, 1.54) is 0 Å². The van der Waals surface area contributed by atoms with E-state index in [0.29, 0.717) is 17.6 Å². The lowest BCUT2D eigenvalue weighted by Gasteiger charge is -2.08. The molecule has 0 bridgehead atoms. The number of carbonyl (C=O) groups excluding carboxylic acids is 1. The Hall–Kier alpha value is -1.36. The van der Waals surface area contributed by atoms with Crippen LogP contribution in [0.1, 0.15) is 15.9 Å². The first-order valence-corrected chi connectivity index (χ1v) is 6.85. The maximum absolute atomic E-state index is 10.9. The Morgan fingerprint density at radius 1 is 1.38 bits per heavy atom. The molecule has 0 aliphatic carbocycles. The smallest absolute Gasteiger partial charge is 0.153 e. The van der Waals surface area contributed by atoms with Crippen molar-refractivity contribution in [1.82, 2.24) is 0 Å². The fraction of sp³-hybridized carbons (Fsp3) is 0.364. The van der Waals surface area contributed by atoms with Crippen LogP contribution >= 0.6 is 0 Å². The van der Waals surface area contributed by atoms with Crippen LogP contribution in [0.25, 0.3) is 0 Å². The Morgan fingerprint density at radius 2 is 2.06 bits per heavy atom. The van der Waals surface area contributed by atoms with Gasteiger partial charge in [-0.2, -0.15) is 0 Å². The second-order valence-corrected chi connectivity index (χ2v) is 5.90. The first kappa shape index (κ1) is 12.7. The summed E-state index contributed by atoms with van der Waals surface area (Å²) in [5, 5.41) is 0. The number of aldehydes is 1. The van der Waals surface area contributed by atoms with Crippen molar-refractivity contribution < 1.29 is 17.9 Å². The third-order valence-electron chi connectivity index (χ3n) is 2.00. The van der Waals surface area contributed by atoms with Crippen LogP contribution in [0, 0.1) is 6.92 Å². The number of rotatable bonds is 5. The van der Waals surface area contributed by atoms with Gasteiger partial charge in [-0.05, 0) is 19.1 Å². The molecule has 1 aromatic carbocycles. The molecule has 0 heterocycles. The molecule has 0 radical (unpaired) electrons. The summed E-state index contributed by atoms with van der Waals surface area (Å²) in [6.07, 6.45) is 1.84. The minimum atomic E-state index is -3.04. The third-order valence-corrected chi connectivity index (χ3v) is 2.91. The van der Waals surface area contributed by atoms with Crippen LogP contribution in [0.15, 0.2) is 18.2 Å². The SMILES string of the molecule is Cc1ccc(OCCS(C)(=O)=O)c(C=O)c1. The summed E-state index contributed by atoms with van der Waals surface area (Å²) in [6, 6.07) is 5.17. The molecule has 0 N–H and O–H groups in total. The first-order valence-electron chi connectivity index (χ1n) is 4.79. The van der Waals surface area contributed by atoms with Crippen molar-refractivity contribution in [2.45, 2.75) is 6.92 Å². The fourth-order valence-electron chi connectivity index (χ4n) is 1.19. The Kier molecular flexibility index (Phi) is 4.06. The molecular formula is C11H14O4S. The van der Waals surface area contributed by atoms with Crippen LogP contribution < -0.4 is 4.74 Å². The van der Waals surface area contributed by atoms with E-state index >= 15 is 0 Å². The maximum atomic E-state index is 10.9. The number of hydrogen-bond acceptors (Lipinski definition) is 4. The summed E-state index contributed by atoms with van der Waals surface area (Å²) >= 11 is 0. The Morgan fingerprint density at radius 3 is 2.62 bits per heavy atom. The van der Waals surface area contributed by atoms with Gasteiger partial charge in [0, 0.05) is 6.26 Å². The highest BCUT2D eigenvalue weighted by atomic mass is 32.2. The predicted octanol–water partition coefficient (Wildman–Crippen LogP) is 1.23. The van der Waals surface area contributed by atoms with Crippen molar-refractivity contribution in [3.8, 4) is 5.75 Å². The number of benzene rings is 1. The van der Waals surface area contributed by atoms with Gasteiger partial charge in [0.1, 0.15) is 12.4 Å². The molecule has 4 nitrogen and oxygen atoms in total. The third kappa shape index (κ3) is 4.02. The van der Waals surface area contributed by atoms with Gasteiger partial charge in [-0.3, -0.25) is 4.79 Å². The summed E-state index contributed by atoms with van der Waals surface area (Å²) in [4.78, 5) is 10.7. The van der Waals surface area contributed by atoms with Gasteiger partial charge in [-0.25, -0.2) is 8.42 Å². The van der Waals surface area contributed by atoms with Crippen molar-refractivity contribution in [1.29, 1.82) is 0 Å². The quantitative estimate of drug-likeness (QED) is 0.729. The maximum Gasteiger partial charge on any atom is 0.153 e. The molecule has 1 aromatic rings. The van der Waals surface area contributed by atoms with Crippen LogP contribution in [0.5, 0.6) is 5.75 Å². The Labute approximate surface area is 95.2 Å². The molecule has 0 atom stereocenters. The van der Waals surface area contributed by atoms with Gasteiger partial charge in [0.15, 0.2) is 16.1 Å². The second kappa shape index (κ2) is 5.12. The zero-order valence-electron chi connectivity index (χ0n) is 9.26. The summed E-state index contributed by atoms with van der Waals surface area (Å²) in [7, 11) is -3.04. The Balaban J connectivity index is 2.70. The van der Waals surface area contributed by atoms with Crippen molar-refractivity contribution in [2.75, 3.05) is 18.6 Å². The molecule has 0 aromatic heterocycles. The zero-order chi connectivity index (χ0) is 12.2. The van der Waals surface area contributed by atoms with E-state index in [4.69, 9.17) is 4.74 Å². The largest absolute Gasteiger partial charge is 0.492 e. The monoisotopic (exact) mass is 242 g/mol. The van der Waals surface area contributed by atoms with Gasteiger partial charge in [0.25, 0.3) is 0 Å². The zero-order valence-corrected chi connectivity index (χ0v) is 10.1. The number of aryl methyl sites for hydroxylation is 1. The highest BCUT2D eigenvalue weighted by Crippen LogP contribution is 2.17. The number of ether oxygens (including phenoxy) is 1. The molecule has 0 saturated heterocycles. The summed E-state index contributed by atoms with van der Waals surface area (Å²) in [6.45, 7) is 1.93. The van der Waals surface area contributed by atoms with Gasteiger partial charge < -0.3 is 4.74 Å². The van der Waals surface area contributed by atoms with Gasteiger partial charge >= 0.3 is 0 Å². The highest BCUT2D eigenvalue weighted by molar-refractivity contribution is 7.90. The molecule has 0 unspecified atom stereocenters. The fourth-order valence-corrected chi connectivity index (χ4v) is 1.58. The van der Waals surface area contributed by atoms with Gasteiger partial charge in [-0.15, -0.1) is 0 Å². The lowest BCUT2D eigenvalue weighted by Crippen LogP contribution is -2.12. The average Bonchev–Trinajstić information content (AvgIpc) is 2.18. The highest BCUT2D eigenvalue weighted by Gasteiger charge is 2.06. The van der Waals surface area contributed by atoms with Crippen molar-refractivity contribution in [2.24, 2.45) is 0 Å². The van der Waals surface area contributed by atoms with Crippen molar-refractivity contribution >= 4 is 16.1 Å². The van der Waals surface area contributed by atoms with Crippen LogP contribution in [0.4, 0.5) is 0 Å². The molecule has 0 amide bonds. The van der Waals surface area contributed by atoms with Gasteiger partial charge in [0.2, 0.25) is 0 Å². The number of sulfone groups is 1. The van der Waals surface area contributed by atoms with Gasteiger partial charge in [0.05, 0.1) is 11.3 Å². The number of carbonyl (C=O) groups is 1. The van der Waals surface area contributed by atoms with Crippen LogP contribution in [0.3, 0.4) is 0 Å². The molecule has 0 aliphatic rings. The molecule has 0 saturated carbocycles. The second-order valence-electron chi connectivity index (χ2n) is 3.64. The summed E-state index contributed by atoms with van der Waals surface area (Å²) < 4.78 is 27.0. The van der Waals surface area contributed by atoms with Crippen LogP contribution in [-0.4, -0.2) is 33.3 Å². The van der Waals surface area contributed by atoms with Gasteiger partial charge in [-0.1, -0.05) is 11.6 Å². The standard InChI is InChI=1S/C11H14O4S/c1-9-3-4-11(10(7-9)8-12)15-5-6-16(2,13)14/h3-4,7-8H,5-6H2,1-2H3. The lowest BCUT2D eigenvalue weighted by atomic mass is 10.1. The predicted molar refractivity (Wildman–Crippen MR) is 61.8 cm³/mol. The molecule has 1 rings (SSSR count). The molecule has 88 valence electrons. The number of hydrogen-bond donors (Lipinski definition) is 0. The van der Waals surface area contributed by atoms with Crippen molar-refractivity contribution in [3.63, 3.8) is 0 Å². The van der Waals surface area contributed by atoms with E-state index in [1.807, 2.05) is 13.0 Å². The molecule has 5 heteroatoms. The normalized spacial score (nSPS) is 11.1. The molecule has 0 spiro atoms. The Bertz CT molecular complexity index is 477. The molecule has 0 fully saturated rings. The minimum absolute atomic E-state index is 0.0564. The van der Waals surface area contributed by atoms with E-state index in [0.717, 1.165) is 11.8 Å². The summed E-state index contributed by atoms with van der Waals surface area (Å²) in [5.74, 6) is 0.364. The molecule has 16 heavy (non-hydrogen) atoms. The first-order chi connectivity index (χ1) is 7.42. The van der Waals surface area contributed by atoms with Crippen LogP contribution in [0.2, 0.25) is 0 Å².